The van der Waals surface area contributed by atoms with Gasteiger partial charge in [-0.05, 0) is 32.9 Å². The molecule has 0 aromatic carbocycles. The van der Waals surface area contributed by atoms with E-state index in [1.165, 1.54) is 0 Å². The summed E-state index contributed by atoms with van der Waals surface area (Å²) in [5.41, 5.74) is 0.423. The number of carbonyl (C=O) groups is 1. The first-order chi connectivity index (χ1) is 9.44. The van der Waals surface area contributed by atoms with Crippen molar-refractivity contribution >= 4 is 5.91 Å². The van der Waals surface area contributed by atoms with E-state index >= 15 is 0 Å². The van der Waals surface area contributed by atoms with Crippen LogP contribution in [0, 0.1) is 0 Å². The Kier molecular flexibility index (Phi) is 4.12. The van der Waals surface area contributed by atoms with Crippen molar-refractivity contribution < 1.29 is 9.32 Å². The molecule has 0 spiro atoms. The summed E-state index contributed by atoms with van der Waals surface area (Å²) in [6, 6.07) is 5.48. The standard InChI is InChI=1S/C14H18N4O2/c1-14(2,3)17-11(19)7-8-12-16-13(18-20-12)10-6-4-5-9-15-10/h4-6,9H,7-8H2,1-3H3,(H,17,19). The van der Waals surface area contributed by atoms with Crippen molar-refractivity contribution in [2.24, 2.45) is 0 Å². The van der Waals surface area contributed by atoms with Crippen LogP contribution >= 0.6 is 0 Å². The molecular formula is C14H18N4O2. The zero-order valence-electron chi connectivity index (χ0n) is 11.9. The molecule has 0 aliphatic carbocycles. The Bertz CT molecular complexity index is 572. The van der Waals surface area contributed by atoms with Crippen molar-refractivity contribution in [3.05, 3.63) is 30.3 Å². The van der Waals surface area contributed by atoms with Crippen molar-refractivity contribution in [3.63, 3.8) is 0 Å². The molecule has 0 aliphatic rings. The van der Waals surface area contributed by atoms with Crippen molar-refractivity contribution in [3.8, 4) is 11.5 Å². The third kappa shape index (κ3) is 4.15. The predicted molar refractivity (Wildman–Crippen MR) is 73.7 cm³/mol. The Balaban J connectivity index is 1.92. The quantitative estimate of drug-likeness (QED) is 0.922. The highest BCUT2D eigenvalue weighted by Crippen LogP contribution is 2.12. The van der Waals surface area contributed by atoms with Crippen LogP contribution < -0.4 is 5.32 Å². The summed E-state index contributed by atoms with van der Waals surface area (Å²) in [4.78, 5) is 20.1. The van der Waals surface area contributed by atoms with Gasteiger partial charge in [-0.25, -0.2) is 0 Å². The van der Waals surface area contributed by atoms with E-state index in [2.05, 4.69) is 20.4 Å². The fraction of sp³-hybridized carbons (Fsp3) is 0.429. The van der Waals surface area contributed by atoms with Gasteiger partial charge in [0.1, 0.15) is 5.69 Å². The Labute approximate surface area is 117 Å². The third-order valence-electron chi connectivity index (χ3n) is 2.44. The van der Waals surface area contributed by atoms with E-state index in [-0.39, 0.29) is 11.4 Å². The van der Waals surface area contributed by atoms with Crippen LogP contribution in [0.15, 0.2) is 28.9 Å². The summed E-state index contributed by atoms with van der Waals surface area (Å²) in [5.74, 6) is 0.849. The van der Waals surface area contributed by atoms with Crippen molar-refractivity contribution in [1.82, 2.24) is 20.4 Å². The highest BCUT2D eigenvalue weighted by Gasteiger charge is 2.15. The molecule has 6 nitrogen and oxygen atoms in total. The van der Waals surface area contributed by atoms with E-state index in [0.29, 0.717) is 30.3 Å². The van der Waals surface area contributed by atoms with Crippen molar-refractivity contribution in [1.29, 1.82) is 0 Å². The minimum atomic E-state index is -0.231. The van der Waals surface area contributed by atoms with Gasteiger partial charge in [-0.1, -0.05) is 11.2 Å². The van der Waals surface area contributed by atoms with E-state index in [1.54, 1.807) is 12.3 Å². The molecule has 0 unspecified atom stereocenters. The molecule has 0 saturated carbocycles. The summed E-state index contributed by atoms with van der Waals surface area (Å²) in [7, 11) is 0. The number of pyridine rings is 1. The van der Waals surface area contributed by atoms with Gasteiger partial charge in [-0.2, -0.15) is 4.98 Å². The van der Waals surface area contributed by atoms with Crippen LogP contribution in [0.2, 0.25) is 0 Å². The lowest BCUT2D eigenvalue weighted by Crippen LogP contribution is -2.40. The molecule has 6 heteroatoms. The molecule has 0 bridgehead atoms. The maximum Gasteiger partial charge on any atom is 0.227 e. The highest BCUT2D eigenvalue weighted by molar-refractivity contribution is 5.76. The van der Waals surface area contributed by atoms with Gasteiger partial charge in [-0.15, -0.1) is 0 Å². The van der Waals surface area contributed by atoms with E-state index in [4.69, 9.17) is 4.52 Å². The molecule has 2 rings (SSSR count). The van der Waals surface area contributed by atoms with Gasteiger partial charge < -0.3 is 9.84 Å². The number of aryl methyl sites for hydroxylation is 1. The molecule has 0 aliphatic heterocycles. The van der Waals surface area contributed by atoms with Crippen LogP contribution in [0.3, 0.4) is 0 Å². The van der Waals surface area contributed by atoms with Crippen molar-refractivity contribution in [2.75, 3.05) is 0 Å². The molecule has 106 valence electrons. The number of hydrogen-bond acceptors (Lipinski definition) is 5. The van der Waals surface area contributed by atoms with Crippen LogP contribution in [0.4, 0.5) is 0 Å². The fourth-order valence-corrected chi connectivity index (χ4v) is 1.66. The maximum atomic E-state index is 11.7. The first-order valence-corrected chi connectivity index (χ1v) is 6.49. The second kappa shape index (κ2) is 5.81. The van der Waals surface area contributed by atoms with Crippen LogP contribution in [-0.2, 0) is 11.2 Å². The summed E-state index contributed by atoms with van der Waals surface area (Å²) >= 11 is 0. The Morgan fingerprint density at radius 2 is 2.15 bits per heavy atom. The molecule has 0 fully saturated rings. The van der Waals surface area contributed by atoms with Gasteiger partial charge >= 0.3 is 0 Å². The normalized spacial score (nSPS) is 11.3. The largest absolute Gasteiger partial charge is 0.351 e. The predicted octanol–water partition coefficient (Wildman–Crippen LogP) is 1.98. The second-order valence-electron chi connectivity index (χ2n) is 5.52. The third-order valence-corrected chi connectivity index (χ3v) is 2.44. The molecule has 2 heterocycles. The molecule has 1 N–H and O–H groups in total. The molecule has 2 aromatic rings. The number of rotatable bonds is 4. The highest BCUT2D eigenvalue weighted by atomic mass is 16.5. The topological polar surface area (TPSA) is 80.9 Å². The van der Waals surface area contributed by atoms with Crippen LogP contribution in [0.25, 0.3) is 11.5 Å². The first kappa shape index (κ1) is 14.2. The van der Waals surface area contributed by atoms with Crippen molar-refractivity contribution in [2.45, 2.75) is 39.2 Å². The molecule has 1 amide bonds. The Morgan fingerprint density at radius 1 is 1.35 bits per heavy atom. The lowest BCUT2D eigenvalue weighted by molar-refractivity contribution is -0.122. The second-order valence-corrected chi connectivity index (χ2v) is 5.52. The lowest BCUT2D eigenvalue weighted by Gasteiger charge is -2.20. The van der Waals surface area contributed by atoms with Gasteiger partial charge in [0.25, 0.3) is 0 Å². The van der Waals surface area contributed by atoms with Gasteiger partial charge in [0.2, 0.25) is 17.6 Å². The fourth-order valence-electron chi connectivity index (χ4n) is 1.66. The van der Waals surface area contributed by atoms with Crippen LogP contribution in [0.5, 0.6) is 0 Å². The van der Waals surface area contributed by atoms with Gasteiger partial charge in [0, 0.05) is 24.6 Å². The number of nitrogens with zero attached hydrogens (tertiary/aromatic N) is 3. The molecule has 0 atom stereocenters. The monoisotopic (exact) mass is 274 g/mol. The van der Waals surface area contributed by atoms with E-state index < -0.39 is 0 Å². The molecular weight excluding hydrogens is 256 g/mol. The SMILES string of the molecule is CC(C)(C)NC(=O)CCc1nc(-c2ccccn2)no1. The lowest BCUT2D eigenvalue weighted by atomic mass is 10.1. The summed E-state index contributed by atoms with van der Waals surface area (Å²) < 4.78 is 5.12. The number of nitrogens with one attached hydrogen (secondary N) is 1. The van der Waals surface area contributed by atoms with Crippen LogP contribution in [0.1, 0.15) is 33.1 Å². The number of amides is 1. The van der Waals surface area contributed by atoms with E-state index in [1.807, 2.05) is 32.9 Å². The molecule has 20 heavy (non-hydrogen) atoms. The van der Waals surface area contributed by atoms with Gasteiger partial charge in [0.15, 0.2) is 0 Å². The molecule has 0 saturated heterocycles. The summed E-state index contributed by atoms with van der Waals surface area (Å²) in [6.45, 7) is 5.82. The van der Waals surface area contributed by atoms with Gasteiger partial charge in [0.05, 0.1) is 0 Å². The maximum absolute atomic E-state index is 11.7. The smallest absolute Gasteiger partial charge is 0.227 e. The minimum absolute atomic E-state index is 0.0323. The molecule has 2 aromatic heterocycles. The number of aromatic nitrogens is 3. The average molecular weight is 274 g/mol. The van der Waals surface area contributed by atoms with E-state index in [9.17, 15) is 4.79 Å². The molecule has 0 radical (unpaired) electrons. The Morgan fingerprint density at radius 3 is 2.80 bits per heavy atom. The number of hydrogen-bond donors (Lipinski definition) is 1. The zero-order chi connectivity index (χ0) is 14.6. The minimum Gasteiger partial charge on any atom is -0.351 e. The van der Waals surface area contributed by atoms with Crippen LogP contribution in [-0.4, -0.2) is 26.6 Å². The average Bonchev–Trinajstić information content (AvgIpc) is 2.84. The Hall–Kier alpha value is -2.24. The summed E-state index contributed by atoms with van der Waals surface area (Å²) in [5, 5.41) is 6.75. The zero-order valence-corrected chi connectivity index (χ0v) is 11.9. The summed E-state index contributed by atoms with van der Waals surface area (Å²) in [6.07, 6.45) is 2.41. The van der Waals surface area contributed by atoms with Gasteiger partial charge in [-0.3, -0.25) is 9.78 Å². The number of carbonyl (C=O) groups excluding carboxylic acids is 1. The van der Waals surface area contributed by atoms with E-state index in [0.717, 1.165) is 0 Å². The first-order valence-electron chi connectivity index (χ1n) is 6.49.